The molecule has 1 saturated carbocycles. The Labute approximate surface area is 216 Å². The first-order valence-electron chi connectivity index (χ1n) is 10.8. The minimum Gasteiger partial charge on any atom is -0.407 e. The minimum atomic E-state index is -4.63. The van der Waals surface area contributed by atoms with Crippen LogP contribution in [-0.4, -0.2) is 32.5 Å². The summed E-state index contributed by atoms with van der Waals surface area (Å²) in [6.07, 6.45) is 0.167. The number of halogens is 5. The van der Waals surface area contributed by atoms with Crippen LogP contribution in [0.4, 0.5) is 33.7 Å². The normalized spacial score (nSPS) is 14.9. The molecule has 0 bridgehead atoms. The van der Waals surface area contributed by atoms with Crippen LogP contribution in [0.25, 0.3) is 0 Å². The summed E-state index contributed by atoms with van der Waals surface area (Å²) >= 11 is 3.01. The lowest BCUT2D eigenvalue weighted by atomic mass is 10.1. The summed E-state index contributed by atoms with van der Waals surface area (Å²) in [5.74, 6) is -1.31. The van der Waals surface area contributed by atoms with Crippen LogP contribution in [0.3, 0.4) is 0 Å². The van der Waals surface area contributed by atoms with Crippen LogP contribution < -0.4 is 20.7 Å². The summed E-state index contributed by atoms with van der Waals surface area (Å²) < 4.78 is 60.2. The number of carbonyl (C=O) groups is 2. The molecule has 2 amide bonds. The van der Waals surface area contributed by atoms with E-state index in [-0.39, 0.29) is 27.3 Å². The smallest absolute Gasteiger partial charge is 0.407 e. The molecular weight excluding hydrogens is 564 g/mol. The van der Waals surface area contributed by atoms with Crippen LogP contribution in [0.1, 0.15) is 37.1 Å². The number of hydrogen-bond donors (Lipinski definition) is 3. The molecule has 0 saturated heterocycles. The van der Waals surface area contributed by atoms with Crippen molar-refractivity contribution in [2.24, 2.45) is 0 Å². The second kappa shape index (κ2) is 10.3. The Balaban J connectivity index is 1.41. The first-order valence-corrected chi connectivity index (χ1v) is 11.6. The minimum absolute atomic E-state index is 0.0134. The summed E-state index contributed by atoms with van der Waals surface area (Å²) in [6.45, 7) is 1.49. The highest BCUT2D eigenvalue weighted by Gasteiger charge is 2.52. The molecule has 4 rings (SSSR count). The number of hydrogen-bond acceptors (Lipinski definition) is 7. The average Bonchev–Trinajstić information content (AvgIpc) is 3.60. The van der Waals surface area contributed by atoms with Crippen molar-refractivity contribution in [3.05, 3.63) is 70.7 Å². The van der Waals surface area contributed by atoms with Crippen LogP contribution in [0.5, 0.6) is 5.75 Å². The third-order valence-corrected chi connectivity index (χ3v) is 5.96. The van der Waals surface area contributed by atoms with E-state index in [4.69, 9.17) is 4.74 Å². The Morgan fingerprint density at radius 3 is 2.46 bits per heavy atom. The standard InChI is InChI=1S/C23H19BrF4N6O3/c1-12(32-20(35)22(4-5-22)34-21(36)37-15-9-29-11-30-10-15)19-17(25)7-14(8-31-19)33-18-3-2-13(24)6-16(18)23(26,27)28/h2-3,6-12,33H,4-5H2,1H3,(H,32,35)(H,34,36)/t12-/m0/s1. The maximum absolute atomic E-state index is 14.8. The lowest BCUT2D eigenvalue weighted by Crippen LogP contribution is -2.50. The lowest BCUT2D eigenvalue weighted by molar-refractivity contribution is -0.137. The summed E-state index contributed by atoms with van der Waals surface area (Å²) in [5, 5.41) is 7.63. The second-order valence-corrected chi connectivity index (χ2v) is 9.19. The second-order valence-electron chi connectivity index (χ2n) is 8.27. The number of carbonyl (C=O) groups excluding carboxylic acids is 2. The molecular formula is C23H19BrF4N6O3. The third-order valence-electron chi connectivity index (χ3n) is 5.47. The van der Waals surface area contributed by atoms with Gasteiger partial charge in [0.25, 0.3) is 0 Å². The topological polar surface area (TPSA) is 118 Å². The molecule has 2 aromatic heterocycles. The zero-order valence-electron chi connectivity index (χ0n) is 19.1. The van der Waals surface area contributed by atoms with Gasteiger partial charge in [0.2, 0.25) is 5.91 Å². The molecule has 0 unspecified atom stereocenters. The van der Waals surface area contributed by atoms with E-state index in [2.05, 4.69) is 46.8 Å². The van der Waals surface area contributed by atoms with E-state index in [1.807, 2.05) is 0 Å². The SMILES string of the molecule is C[C@H](NC(=O)C1(NC(=O)Oc2cncnc2)CC1)c1ncc(Nc2ccc(Br)cc2C(F)(F)F)cc1F. The first-order chi connectivity index (χ1) is 17.5. The zero-order chi connectivity index (χ0) is 26.8. The number of nitrogens with zero attached hydrogens (tertiary/aromatic N) is 3. The molecule has 1 fully saturated rings. The van der Waals surface area contributed by atoms with Gasteiger partial charge in [-0.25, -0.2) is 19.2 Å². The van der Waals surface area contributed by atoms with E-state index in [1.54, 1.807) is 0 Å². The van der Waals surface area contributed by atoms with Gasteiger partial charge >= 0.3 is 12.3 Å². The molecule has 0 spiro atoms. The van der Waals surface area contributed by atoms with E-state index in [9.17, 15) is 27.2 Å². The molecule has 1 atom stereocenters. The van der Waals surface area contributed by atoms with Crippen LogP contribution in [0.2, 0.25) is 0 Å². The number of amides is 2. The van der Waals surface area contributed by atoms with Crippen LogP contribution in [0.15, 0.2) is 53.7 Å². The molecule has 3 N–H and O–H groups in total. The Morgan fingerprint density at radius 1 is 1.14 bits per heavy atom. The summed E-state index contributed by atoms with van der Waals surface area (Å²) in [5.41, 5.74) is -2.57. The fourth-order valence-electron chi connectivity index (χ4n) is 3.45. The van der Waals surface area contributed by atoms with Crippen molar-refractivity contribution in [1.82, 2.24) is 25.6 Å². The lowest BCUT2D eigenvalue weighted by Gasteiger charge is -2.21. The first kappa shape index (κ1) is 26.3. The van der Waals surface area contributed by atoms with Gasteiger partial charge < -0.3 is 20.7 Å². The zero-order valence-corrected chi connectivity index (χ0v) is 20.7. The van der Waals surface area contributed by atoms with Crippen molar-refractivity contribution in [3.8, 4) is 5.75 Å². The molecule has 2 heterocycles. The summed E-state index contributed by atoms with van der Waals surface area (Å²) in [7, 11) is 0. The van der Waals surface area contributed by atoms with Gasteiger partial charge in [0, 0.05) is 10.5 Å². The van der Waals surface area contributed by atoms with Crippen molar-refractivity contribution < 1.29 is 31.9 Å². The number of alkyl halides is 3. The predicted molar refractivity (Wildman–Crippen MR) is 126 cm³/mol. The number of aromatic nitrogens is 3. The van der Waals surface area contributed by atoms with Crippen LogP contribution >= 0.6 is 15.9 Å². The van der Waals surface area contributed by atoms with Gasteiger partial charge in [-0.05, 0) is 38.0 Å². The Kier molecular flexibility index (Phi) is 7.30. The quantitative estimate of drug-likeness (QED) is 0.334. The fourth-order valence-corrected chi connectivity index (χ4v) is 3.82. The van der Waals surface area contributed by atoms with Gasteiger partial charge in [-0.15, -0.1) is 0 Å². The van der Waals surface area contributed by atoms with E-state index < -0.39 is 41.1 Å². The number of anilines is 2. The number of nitrogens with one attached hydrogen (secondary N) is 3. The van der Waals surface area contributed by atoms with Crippen molar-refractivity contribution >= 4 is 39.3 Å². The highest BCUT2D eigenvalue weighted by Crippen LogP contribution is 2.38. The number of pyridine rings is 1. The van der Waals surface area contributed by atoms with Gasteiger partial charge in [0.15, 0.2) is 5.75 Å². The van der Waals surface area contributed by atoms with E-state index in [0.29, 0.717) is 12.8 Å². The third kappa shape index (κ3) is 6.31. The van der Waals surface area contributed by atoms with Gasteiger partial charge in [-0.1, -0.05) is 15.9 Å². The molecule has 3 aromatic rings. The van der Waals surface area contributed by atoms with Crippen LogP contribution in [0, 0.1) is 5.82 Å². The molecule has 1 aromatic carbocycles. The van der Waals surface area contributed by atoms with Crippen molar-refractivity contribution in [2.45, 2.75) is 37.5 Å². The van der Waals surface area contributed by atoms with E-state index in [0.717, 1.165) is 18.3 Å². The van der Waals surface area contributed by atoms with Gasteiger partial charge in [0.1, 0.15) is 17.7 Å². The monoisotopic (exact) mass is 582 g/mol. The molecule has 14 heteroatoms. The van der Waals surface area contributed by atoms with Gasteiger partial charge in [-0.2, -0.15) is 13.2 Å². The number of rotatable bonds is 7. The molecule has 1 aliphatic rings. The van der Waals surface area contributed by atoms with Crippen molar-refractivity contribution in [1.29, 1.82) is 0 Å². The Morgan fingerprint density at radius 2 is 1.84 bits per heavy atom. The Hall–Kier alpha value is -3.81. The summed E-state index contributed by atoms with van der Waals surface area (Å²) in [6, 6.07) is 3.61. The predicted octanol–water partition coefficient (Wildman–Crippen LogP) is 5.03. The Bertz CT molecular complexity index is 1320. The van der Waals surface area contributed by atoms with Crippen molar-refractivity contribution in [3.63, 3.8) is 0 Å². The highest BCUT2D eigenvalue weighted by atomic mass is 79.9. The van der Waals surface area contributed by atoms with E-state index in [1.165, 1.54) is 37.8 Å². The average molecular weight is 583 g/mol. The highest BCUT2D eigenvalue weighted by molar-refractivity contribution is 9.10. The molecule has 0 radical (unpaired) electrons. The molecule has 9 nitrogen and oxygen atoms in total. The van der Waals surface area contributed by atoms with E-state index >= 15 is 0 Å². The van der Waals surface area contributed by atoms with Gasteiger partial charge in [0.05, 0.1) is 47.3 Å². The maximum Gasteiger partial charge on any atom is 0.418 e. The maximum atomic E-state index is 14.8. The molecule has 1 aliphatic carbocycles. The van der Waals surface area contributed by atoms with Crippen molar-refractivity contribution in [2.75, 3.05) is 5.32 Å². The van der Waals surface area contributed by atoms with Gasteiger partial charge in [-0.3, -0.25) is 9.78 Å². The van der Waals surface area contributed by atoms with Crippen LogP contribution in [-0.2, 0) is 11.0 Å². The largest absolute Gasteiger partial charge is 0.418 e. The number of benzene rings is 1. The number of ether oxygens (including phenoxy) is 1. The molecule has 37 heavy (non-hydrogen) atoms. The molecule has 194 valence electrons. The summed E-state index contributed by atoms with van der Waals surface area (Å²) in [4.78, 5) is 36.4. The molecule has 0 aliphatic heterocycles. The fraction of sp³-hybridized carbons (Fsp3) is 0.261.